The van der Waals surface area contributed by atoms with Gasteiger partial charge in [0, 0.05) is 5.92 Å². The number of nitrogens with two attached hydrogens (primary N) is 1. The first-order valence-electron chi connectivity index (χ1n) is 6.58. The Kier molecular flexibility index (Phi) is 3.43. The lowest BCUT2D eigenvalue weighted by Gasteiger charge is -2.33. The molecule has 0 saturated carbocycles. The van der Waals surface area contributed by atoms with Gasteiger partial charge in [0.15, 0.2) is 0 Å². The molecule has 0 amide bonds. The highest BCUT2D eigenvalue weighted by molar-refractivity contribution is 5.48. The molecule has 0 spiro atoms. The Morgan fingerprint density at radius 3 is 2.59 bits per heavy atom. The molecule has 0 aromatic heterocycles. The minimum absolute atomic E-state index is 0.339. The molecule has 0 fully saturated rings. The lowest BCUT2D eigenvalue weighted by atomic mass is 9.72. The third-order valence-corrected chi connectivity index (χ3v) is 4.68. The SMILES string of the molecule is CCC1(CC)Cc2c(OC)cccc2C1CN. The van der Waals surface area contributed by atoms with Crippen LogP contribution in [0.25, 0.3) is 0 Å². The molecule has 0 saturated heterocycles. The molecule has 1 atom stereocenters. The first kappa shape index (κ1) is 12.4. The Balaban J connectivity index is 2.51. The fraction of sp³-hybridized carbons (Fsp3) is 0.600. The van der Waals surface area contributed by atoms with Crippen molar-refractivity contribution in [2.45, 2.75) is 39.0 Å². The van der Waals surface area contributed by atoms with Gasteiger partial charge in [-0.3, -0.25) is 0 Å². The number of ether oxygens (including phenoxy) is 1. The summed E-state index contributed by atoms with van der Waals surface area (Å²) < 4.78 is 5.49. The van der Waals surface area contributed by atoms with Crippen molar-refractivity contribution < 1.29 is 4.74 Å². The second-order valence-electron chi connectivity index (χ2n) is 5.06. The third kappa shape index (κ3) is 1.75. The number of hydrogen-bond acceptors (Lipinski definition) is 2. The van der Waals surface area contributed by atoms with Crippen LogP contribution in [-0.4, -0.2) is 13.7 Å². The highest BCUT2D eigenvalue weighted by Gasteiger charge is 2.43. The van der Waals surface area contributed by atoms with Gasteiger partial charge in [-0.25, -0.2) is 0 Å². The van der Waals surface area contributed by atoms with Crippen molar-refractivity contribution in [3.63, 3.8) is 0 Å². The van der Waals surface area contributed by atoms with Gasteiger partial charge in [0.1, 0.15) is 5.75 Å². The van der Waals surface area contributed by atoms with Gasteiger partial charge >= 0.3 is 0 Å². The van der Waals surface area contributed by atoms with Crippen LogP contribution in [0.5, 0.6) is 5.75 Å². The summed E-state index contributed by atoms with van der Waals surface area (Å²) >= 11 is 0. The zero-order valence-electron chi connectivity index (χ0n) is 11.1. The van der Waals surface area contributed by atoms with E-state index in [1.807, 2.05) is 0 Å². The van der Waals surface area contributed by atoms with Crippen LogP contribution in [0.1, 0.15) is 43.7 Å². The number of hydrogen-bond donors (Lipinski definition) is 1. The Morgan fingerprint density at radius 1 is 1.35 bits per heavy atom. The summed E-state index contributed by atoms with van der Waals surface area (Å²) in [6.07, 6.45) is 3.48. The van der Waals surface area contributed by atoms with Crippen molar-refractivity contribution >= 4 is 0 Å². The Hall–Kier alpha value is -1.02. The highest BCUT2D eigenvalue weighted by atomic mass is 16.5. The maximum absolute atomic E-state index is 6.03. The van der Waals surface area contributed by atoms with E-state index in [4.69, 9.17) is 10.5 Å². The van der Waals surface area contributed by atoms with Crippen LogP contribution in [0.15, 0.2) is 18.2 Å². The van der Waals surface area contributed by atoms with Crippen LogP contribution >= 0.6 is 0 Å². The summed E-state index contributed by atoms with van der Waals surface area (Å²) in [5, 5.41) is 0. The number of methoxy groups -OCH3 is 1. The number of fused-ring (bicyclic) bond motifs is 1. The van der Waals surface area contributed by atoms with Crippen molar-refractivity contribution in [2.75, 3.05) is 13.7 Å². The highest BCUT2D eigenvalue weighted by Crippen LogP contribution is 2.53. The van der Waals surface area contributed by atoms with E-state index in [0.29, 0.717) is 11.3 Å². The molecule has 94 valence electrons. The topological polar surface area (TPSA) is 35.2 Å². The van der Waals surface area contributed by atoms with E-state index in [9.17, 15) is 0 Å². The molecule has 1 aliphatic carbocycles. The Labute approximate surface area is 104 Å². The average molecular weight is 233 g/mol. The maximum atomic E-state index is 6.03. The van der Waals surface area contributed by atoms with Gasteiger partial charge in [-0.05, 0) is 48.4 Å². The molecule has 2 N–H and O–H groups in total. The number of rotatable bonds is 4. The predicted molar refractivity (Wildman–Crippen MR) is 71.5 cm³/mol. The summed E-state index contributed by atoms with van der Waals surface area (Å²) in [6, 6.07) is 6.37. The van der Waals surface area contributed by atoms with Gasteiger partial charge in [-0.2, -0.15) is 0 Å². The molecule has 0 aliphatic heterocycles. The predicted octanol–water partition coefficient (Wildman–Crippen LogP) is 3.10. The first-order valence-corrected chi connectivity index (χ1v) is 6.58. The molecule has 2 rings (SSSR count). The minimum atomic E-state index is 0.339. The zero-order chi connectivity index (χ0) is 12.5. The van der Waals surface area contributed by atoms with Crippen LogP contribution in [0.3, 0.4) is 0 Å². The van der Waals surface area contributed by atoms with Gasteiger partial charge in [-0.1, -0.05) is 26.0 Å². The van der Waals surface area contributed by atoms with Crippen LogP contribution in [0.2, 0.25) is 0 Å². The molecular formula is C15H23NO. The van der Waals surface area contributed by atoms with Crippen molar-refractivity contribution in [3.8, 4) is 5.75 Å². The monoisotopic (exact) mass is 233 g/mol. The summed E-state index contributed by atoms with van der Waals surface area (Å²) in [7, 11) is 1.75. The van der Waals surface area contributed by atoms with Crippen LogP contribution in [0, 0.1) is 5.41 Å². The zero-order valence-corrected chi connectivity index (χ0v) is 11.1. The van der Waals surface area contributed by atoms with Gasteiger partial charge in [0.2, 0.25) is 0 Å². The van der Waals surface area contributed by atoms with Gasteiger partial charge in [0.25, 0.3) is 0 Å². The van der Waals surface area contributed by atoms with Crippen molar-refractivity contribution in [2.24, 2.45) is 11.1 Å². The summed E-state index contributed by atoms with van der Waals surface area (Å²) in [6.45, 7) is 5.30. The Bertz CT molecular complexity index is 396. The summed E-state index contributed by atoms with van der Waals surface area (Å²) in [5.74, 6) is 1.52. The fourth-order valence-electron chi connectivity index (χ4n) is 3.46. The lowest BCUT2D eigenvalue weighted by molar-refractivity contribution is 0.225. The molecule has 0 bridgehead atoms. The van der Waals surface area contributed by atoms with Gasteiger partial charge in [-0.15, -0.1) is 0 Å². The maximum Gasteiger partial charge on any atom is 0.122 e. The molecule has 1 aromatic carbocycles. The second-order valence-corrected chi connectivity index (χ2v) is 5.06. The molecule has 0 heterocycles. The van der Waals surface area contributed by atoms with E-state index in [1.165, 1.54) is 24.0 Å². The van der Waals surface area contributed by atoms with E-state index in [2.05, 4.69) is 32.0 Å². The van der Waals surface area contributed by atoms with Gasteiger partial charge < -0.3 is 10.5 Å². The normalized spacial score (nSPS) is 21.3. The molecule has 2 heteroatoms. The average Bonchev–Trinajstić information content (AvgIpc) is 2.72. The summed E-state index contributed by atoms with van der Waals surface area (Å²) in [5.41, 5.74) is 9.16. The quantitative estimate of drug-likeness (QED) is 0.867. The van der Waals surface area contributed by atoms with Crippen molar-refractivity contribution in [3.05, 3.63) is 29.3 Å². The fourth-order valence-corrected chi connectivity index (χ4v) is 3.46. The first-order chi connectivity index (χ1) is 8.22. The van der Waals surface area contributed by atoms with E-state index in [-0.39, 0.29) is 0 Å². The molecular weight excluding hydrogens is 210 g/mol. The van der Waals surface area contributed by atoms with Crippen LogP contribution in [-0.2, 0) is 6.42 Å². The van der Waals surface area contributed by atoms with E-state index >= 15 is 0 Å². The largest absolute Gasteiger partial charge is 0.496 e. The smallest absolute Gasteiger partial charge is 0.122 e. The molecule has 1 unspecified atom stereocenters. The van der Waals surface area contributed by atoms with Crippen LogP contribution < -0.4 is 10.5 Å². The number of benzene rings is 1. The Morgan fingerprint density at radius 2 is 2.06 bits per heavy atom. The van der Waals surface area contributed by atoms with E-state index < -0.39 is 0 Å². The molecule has 2 nitrogen and oxygen atoms in total. The van der Waals surface area contributed by atoms with Crippen molar-refractivity contribution in [1.82, 2.24) is 0 Å². The molecule has 1 aromatic rings. The molecule has 1 aliphatic rings. The van der Waals surface area contributed by atoms with Gasteiger partial charge in [0.05, 0.1) is 7.11 Å². The minimum Gasteiger partial charge on any atom is -0.496 e. The molecule has 0 radical (unpaired) electrons. The van der Waals surface area contributed by atoms with E-state index in [1.54, 1.807) is 7.11 Å². The second kappa shape index (κ2) is 4.69. The third-order valence-electron chi connectivity index (χ3n) is 4.68. The van der Waals surface area contributed by atoms with Crippen LogP contribution in [0.4, 0.5) is 0 Å². The standard InChI is InChI=1S/C15H23NO/c1-4-15(5-2)9-12-11(13(15)10-16)7-6-8-14(12)17-3/h6-8,13H,4-5,9-10,16H2,1-3H3. The summed E-state index contributed by atoms with van der Waals surface area (Å²) in [4.78, 5) is 0. The van der Waals surface area contributed by atoms with Crippen molar-refractivity contribution in [1.29, 1.82) is 0 Å². The lowest BCUT2D eigenvalue weighted by Crippen LogP contribution is -2.29. The van der Waals surface area contributed by atoms with E-state index in [0.717, 1.165) is 18.7 Å². The molecule has 17 heavy (non-hydrogen) atoms.